The molecule has 0 aliphatic heterocycles. The van der Waals surface area contributed by atoms with E-state index >= 15 is 0 Å². The van der Waals surface area contributed by atoms with E-state index in [-0.39, 0.29) is 12.2 Å². The molecule has 0 radical (unpaired) electrons. The van der Waals surface area contributed by atoms with Crippen molar-refractivity contribution in [2.24, 2.45) is 0 Å². The minimum atomic E-state index is -0.168. The third kappa shape index (κ3) is 2.83. The summed E-state index contributed by atoms with van der Waals surface area (Å²) in [6, 6.07) is 6.66. The van der Waals surface area contributed by atoms with Crippen LogP contribution in [0.3, 0.4) is 0 Å². The molecule has 0 unspecified atom stereocenters. The van der Waals surface area contributed by atoms with E-state index in [9.17, 15) is 4.79 Å². The quantitative estimate of drug-likeness (QED) is 0.783. The smallest absolute Gasteiger partial charge is 0.170 e. The molecular formula is C13H8Cl3NO. The number of rotatable bonds is 3. The Hall–Kier alpha value is -1.09. The van der Waals surface area contributed by atoms with Crippen LogP contribution in [0.4, 0.5) is 0 Å². The molecule has 1 aromatic carbocycles. The van der Waals surface area contributed by atoms with E-state index in [1.807, 2.05) is 0 Å². The number of aromatic nitrogens is 1. The summed E-state index contributed by atoms with van der Waals surface area (Å²) in [5.74, 6) is -0.168. The lowest BCUT2D eigenvalue weighted by molar-refractivity contribution is 0.0993. The molecule has 18 heavy (non-hydrogen) atoms. The van der Waals surface area contributed by atoms with Gasteiger partial charge < -0.3 is 0 Å². The number of benzene rings is 1. The third-order valence-corrected chi connectivity index (χ3v) is 3.42. The van der Waals surface area contributed by atoms with E-state index in [0.717, 1.165) is 0 Å². The first-order valence-electron chi connectivity index (χ1n) is 5.15. The molecule has 5 heteroatoms. The summed E-state index contributed by atoms with van der Waals surface area (Å²) in [4.78, 5) is 16.0. The predicted molar refractivity (Wildman–Crippen MR) is 73.7 cm³/mol. The first kappa shape index (κ1) is 13.3. The molecule has 0 N–H and O–H groups in total. The Balaban J connectivity index is 2.31. The van der Waals surface area contributed by atoms with Crippen molar-refractivity contribution in [3.63, 3.8) is 0 Å². The average Bonchev–Trinajstić information content (AvgIpc) is 2.32. The van der Waals surface area contributed by atoms with Gasteiger partial charge in [0.05, 0.1) is 20.6 Å². The molecule has 92 valence electrons. The Bertz CT molecular complexity index is 578. The van der Waals surface area contributed by atoms with E-state index in [0.29, 0.717) is 26.2 Å². The molecule has 2 rings (SSSR count). The van der Waals surface area contributed by atoms with Gasteiger partial charge in [-0.3, -0.25) is 9.78 Å². The average molecular weight is 301 g/mol. The summed E-state index contributed by atoms with van der Waals surface area (Å²) in [5, 5.41) is 1.14. The van der Waals surface area contributed by atoms with E-state index in [1.165, 1.54) is 6.20 Å². The van der Waals surface area contributed by atoms with Crippen LogP contribution in [0.5, 0.6) is 0 Å². The van der Waals surface area contributed by atoms with Crippen molar-refractivity contribution in [3.05, 3.63) is 62.9 Å². The van der Waals surface area contributed by atoms with Crippen LogP contribution in [0.25, 0.3) is 0 Å². The van der Waals surface area contributed by atoms with Crippen LogP contribution in [0.1, 0.15) is 15.9 Å². The molecule has 0 saturated carbocycles. The molecule has 0 amide bonds. The van der Waals surface area contributed by atoms with Crippen LogP contribution >= 0.6 is 34.8 Å². The zero-order chi connectivity index (χ0) is 13.1. The van der Waals surface area contributed by atoms with Gasteiger partial charge in [-0.2, -0.15) is 0 Å². The first-order chi connectivity index (χ1) is 8.59. The minimum Gasteiger partial charge on any atom is -0.294 e. The summed E-state index contributed by atoms with van der Waals surface area (Å²) in [5.41, 5.74) is 1.03. The summed E-state index contributed by atoms with van der Waals surface area (Å²) in [6.45, 7) is 0. The second kappa shape index (κ2) is 5.70. The molecule has 0 bridgehead atoms. The molecule has 0 saturated heterocycles. The van der Waals surface area contributed by atoms with Gasteiger partial charge in [0.2, 0.25) is 0 Å². The summed E-state index contributed by atoms with van der Waals surface area (Å²) in [7, 11) is 0. The highest BCUT2D eigenvalue weighted by atomic mass is 35.5. The van der Waals surface area contributed by atoms with Gasteiger partial charge in [-0.05, 0) is 23.8 Å². The van der Waals surface area contributed by atoms with Gasteiger partial charge in [0.15, 0.2) is 5.78 Å². The number of hydrogen-bond donors (Lipinski definition) is 0. The number of nitrogens with zero attached hydrogens (tertiary/aromatic N) is 1. The van der Waals surface area contributed by atoms with Gasteiger partial charge in [-0.15, -0.1) is 0 Å². The number of hydrogen-bond acceptors (Lipinski definition) is 2. The first-order valence-corrected chi connectivity index (χ1v) is 6.28. The van der Waals surface area contributed by atoms with E-state index in [4.69, 9.17) is 34.8 Å². The Morgan fingerprint density at radius 1 is 1.06 bits per heavy atom. The number of carbonyl (C=O) groups excluding carboxylic acids is 1. The fraction of sp³-hybridized carbons (Fsp3) is 0.0769. The summed E-state index contributed by atoms with van der Waals surface area (Å²) >= 11 is 17.9. The van der Waals surface area contributed by atoms with Crippen LogP contribution in [0.15, 0.2) is 36.7 Å². The van der Waals surface area contributed by atoms with Crippen LogP contribution in [0, 0.1) is 0 Å². The number of pyridine rings is 1. The lowest BCUT2D eigenvalue weighted by atomic mass is 10.0. The largest absolute Gasteiger partial charge is 0.294 e. The van der Waals surface area contributed by atoms with Crippen molar-refractivity contribution in [3.8, 4) is 0 Å². The highest BCUT2D eigenvalue weighted by Gasteiger charge is 2.16. The molecular weight excluding hydrogens is 293 g/mol. The fourth-order valence-electron chi connectivity index (χ4n) is 1.57. The predicted octanol–water partition coefficient (Wildman–Crippen LogP) is 4.47. The maximum absolute atomic E-state index is 12.2. The molecule has 2 nitrogen and oxygen atoms in total. The van der Waals surface area contributed by atoms with E-state index < -0.39 is 0 Å². The summed E-state index contributed by atoms with van der Waals surface area (Å²) < 4.78 is 0. The lowest BCUT2D eigenvalue weighted by Crippen LogP contribution is -2.05. The van der Waals surface area contributed by atoms with Gasteiger partial charge in [0.1, 0.15) is 0 Å². The topological polar surface area (TPSA) is 30.0 Å². The molecule has 0 aliphatic rings. The van der Waals surface area contributed by atoms with Gasteiger partial charge >= 0.3 is 0 Å². The van der Waals surface area contributed by atoms with Gasteiger partial charge in [-0.1, -0.05) is 40.9 Å². The Labute approximate surface area is 120 Å². The number of ketones is 1. The van der Waals surface area contributed by atoms with Crippen molar-refractivity contribution in [1.29, 1.82) is 0 Å². The standard InChI is InChI=1S/C13H8Cl3NO/c14-9-2-1-3-10(15)13(9)12(18)6-8-4-5-17-7-11(8)16/h1-5,7H,6H2. The molecule has 0 atom stereocenters. The molecule has 0 aliphatic carbocycles. The molecule has 0 spiro atoms. The second-order valence-corrected chi connectivity index (χ2v) is 4.89. The number of carbonyl (C=O) groups is 1. The Morgan fingerprint density at radius 3 is 2.33 bits per heavy atom. The van der Waals surface area contributed by atoms with Crippen LogP contribution in [-0.4, -0.2) is 10.8 Å². The van der Waals surface area contributed by atoms with Crippen molar-refractivity contribution in [2.45, 2.75) is 6.42 Å². The van der Waals surface area contributed by atoms with Crippen LogP contribution in [0.2, 0.25) is 15.1 Å². The highest BCUT2D eigenvalue weighted by Crippen LogP contribution is 2.26. The number of Topliss-reactive ketones (excluding diaryl/α,β-unsaturated/α-hetero) is 1. The Morgan fingerprint density at radius 2 is 1.72 bits per heavy atom. The third-order valence-electron chi connectivity index (χ3n) is 2.45. The fourth-order valence-corrected chi connectivity index (χ4v) is 2.37. The minimum absolute atomic E-state index is 0.144. The van der Waals surface area contributed by atoms with Crippen molar-refractivity contribution >= 4 is 40.6 Å². The van der Waals surface area contributed by atoms with Crippen LogP contribution in [-0.2, 0) is 6.42 Å². The van der Waals surface area contributed by atoms with Gasteiger partial charge in [-0.25, -0.2) is 0 Å². The monoisotopic (exact) mass is 299 g/mol. The SMILES string of the molecule is O=C(Cc1ccncc1Cl)c1c(Cl)cccc1Cl. The molecule has 1 aromatic heterocycles. The maximum atomic E-state index is 12.2. The normalized spacial score (nSPS) is 10.4. The Kier molecular flexibility index (Phi) is 4.23. The maximum Gasteiger partial charge on any atom is 0.170 e. The molecule has 1 heterocycles. The zero-order valence-electron chi connectivity index (χ0n) is 9.16. The molecule has 0 fully saturated rings. The molecule has 2 aromatic rings. The zero-order valence-corrected chi connectivity index (χ0v) is 11.4. The second-order valence-electron chi connectivity index (χ2n) is 3.66. The van der Waals surface area contributed by atoms with Crippen molar-refractivity contribution in [1.82, 2.24) is 4.98 Å². The van der Waals surface area contributed by atoms with Gasteiger partial charge in [0.25, 0.3) is 0 Å². The van der Waals surface area contributed by atoms with Crippen LogP contribution < -0.4 is 0 Å². The van der Waals surface area contributed by atoms with E-state index in [2.05, 4.69) is 4.98 Å². The van der Waals surface area contributed by atoms with Gasteiger partial charge in [0, 0.05) is 18.8 Å². The summed E-state index contributed by atoms with van der Waals surface area (Å²) in [6.07, 6.45) is 3.23. The highest BCUT2D eigenvalue weighted by molar-refractivity contribution is 6.40. The number of halogens is 3. The van der Waals surface area contributed by atoms with Crippen molar-refractivity contribution < 1.29 is 4.79 Å². The van der Waals surface area contributed by atoms with Crippen molar-refractivity contribution in [2.75, 3.05) is 0 Å². The van der Waals surface area contributed by atoms with E-state index in [1.54, 1.807) is 30.5 Å². The lowest BCUT2D eigenvalue weighted by Gasteiger charge is -2.06.